The Hall–Kier alpha value is -2.87. The van der Waals surface area contributed by atoms with Crippen LogP contribution in [-0.2, 0) is 25.7 Å². The zero-order valence-corrected chi connectivity index (χ0v) is 22.4. The summed E-state index contributed by atoms with van der Waals surface area (Å²) < 4.78 is 5.44. The highest BCUT2D eigenvalue weighted by molar-refractivity contribution is 5.88. The molecular weight excluding hydrogens is 510 g/mol. The van der Waals surface area contributed by atoms with Gasteiger partial charge >= 0.3 is 17.9 Å². The second kappa shape index (κ2) is 15.1. The molecule has 1 aromatic rings. The van der Waals surface area contributed by atoms with Crippen LogP contribution >= 0.6 is 0 Å². The highest BCUT2D eigenvalue weighted by Crippen LogP contribution is 2.23. The Bertz CT molecular complexity index is 928. The monoisotopic (exact) mass is 551 g/mol. The fraction of sp³-hybridized carbons (Fsp3) is 0.731. The van der Waals surface area contributed by atoms with Crippen molar-refractivity contribution in [2.75, 3.05) is 63.9 Å². The third kappa shape index (κ3) is 10.3. The summed E-state index contributed by atoms with van der Waals surface area (Å²) in [7, 11) is 0. The van der Waals surface area contributed by atoms with Gasteiger partial charge in [0.2, 0.25) is 5.95 Å². The number of ether oxygens (including phenoxy) is 1. The average molecular weight is 552 g/mol. The van der Waals surface area contributed by atoms with Crippen LogP contribution in [0.5, 0.6) is 0 Å². The average Bonchev–Trinajstić information content (AvgIpc) is 3.44. The van der Waals surface area contributed by atoms with Crippen molar-refractivity contribution in [3.63, 3.8) is 0 Å². The molecule has 218 valence electrons. The van der Waals surface area contributed by atoms with Crippen molar-refractivity contribution in [3.8, 4) is 0 Å². The van der Waals surface area contributed by atoms with E-state index in [1.54, 1.807) is 0 Å². The zero-order valence-electron chi connectivity index (χ0n) is 22.4. The van der Waals surface area contributed by atoms with Gasteiger partial charge in [-0.3, -0.25) is 19.4 Å². The number of likely N-dealkylation sites (tertiary alicyclic amines) is 1. The fourth-order valence-corrected chi connectivity index (χ4v) is 5.11. The smallest absolute Gasteiger partial charge is 0.336 e. The van der Waals surface area contributed by atoms with Crippen molar-refractivity contribution in [1.29, 1.82) is 0 Å². The Morgan fingerprint density at radius 3 is 2.10 bits per heavy atom. The largest absolute Gasteiger partial charge is 0.481 e. The fourth-order valence-electron chi connectivity index (χ4n) is 5.11. The molecule has 0 unspecified atom stereocenters. The van der Waals surface area contributed by atoms with Crippen LogP contribution in [0.15, 0.2) is 12.3 Å². The molecule has 1 aromatic heterocycles. The molecule has 4 N–H and O–H groups in total. The van der Waals surface area contributed by atoms with Gasteiger partial charge < -0.3 is 30.1 Å². The molecule has 0 spiro atoms. The second-order valence-electron chi connectivity index (χ2n) is 10.5. The van der Waals surface area contributed by atoms with Gasteiger partial charge in [-0.1, -0.05) is 0 Å². The van der Waals surface area contributed by atoms with E-state index < -0.39 is 36.4 Å². The first-order valence-corrected chi connectivity index (χ1v) is 13.6. The molecule has 0 radical (unpaired) electrons. The molecule has 0 aliphatic carbocycles. The molecule has 0 saturated carbocycles. The zero-order chi connectivity index (χ0) is 28.3. The Kier molecular flexibility index (Phi) is 11.8. The number of morpholine rings is 1. The minimum absolute atomic E-state index is 0.889. The van der Waals surface area contributed by atoms with Gasteiger partial charge in [-0.2, -0.15) is 0 Å². The highest BCUT2D eigenvalue weighted by atomic mass is 16.5. The van der Waals surface area contributed by atoms with Crippen LogP contribution in [-0.4, -0.2) is 123 Å². The van der Waals surface area contributed by atoms with Crippen molar-refractivity contribution >= 4 is 23.9 Å². The van der Waals surface area contributed by atoms with Crippen LogP contribution in [0, 0.1) is 5.92 Å². The van der Waals surface area contributed by atoms with E-state index in [4.69, 9.17) is 30.1 Å². The van der Waals surface area contributed by atoms with Crippen LogP contribution in [0.1, 0.15) is 50.6 Å². The summed E-state index contributed by atoms with van der Waals surface area (Å²) in [5, 5.41) is 33.8. The molecule has 4 heterocycles. The van der Waals surface area contributed by atoms with Crippen molar-refractivity contribution < 1.29 is 39.5 Å². The maximum absolute atomic E-state index is 10.3. The molecule has 39 heavy (non-hydrogen) atoms. The summed E-state index contributed by atoms with van der Waals surface area (Å²) in [5.74, 6) is -3.20. The minimum atomic E-state index is -2.74. The van der Waals surface area contributed by atoms with E-state index in [0.29, 0.717) is 0 Å². The highest BCUT2D eigenvalue weighted by Gasteiger charge is 2.40. The molecule has 3 aliphatic rings. The summed E-state index contributed by atoms with van der Waals surface area (Å²) >= 11 is 0. The molecule has 0 amide bonds. The van der Waals surface area contributed by atoms with Crippen LogP contribution < -0.4 is 4.90 Å². The van der Waals surface area contributed by atoms with Gasteiger partial charge in [-0.05, 0) is 63.7 Å². The van der Waals surface area contributed by atoms with Crippen molar-refractivity contribution in [2.24, 2.45) is 5.92 Å². The van der Waals surface area contributed by atoms with Gasteiger partial charge in [0.15, 0.2) is 5.60 Å². The summed E-state index contributed by atoms with van der Waals surface area (Å²) in [6, 6.07) is 2.09. The van der Waals surface area contributed by atoms with E-state index >= 15 is 0 Å². The second-order valence-corrected chi connectivity index (χ2v) is 10.5. The third-order valence-corrected chi connectivity index (χ3v) is 7.42. The number of nitrogens with zero attached hydrogens (tertiary/aromatic N) is 5. The number of aliphatic carboxylic acids is 3. The predicted octanol–water partition coefficient (Wildman–Crippen LogP) is 0.763. The van der Waals surface area contributed by atoms with E-state index in [1.807, 2.05) is 6.20 Å². The number of aliphatic hydroxyl groups is 1. The molecule has 0 aromatic carbocycles. The number of carboxylic acids is 3. The molecule has 4 rings (SSSR count). The Morgan fingerprint density at radius 2 is 1.54 bits per heavy atom. The maximum atomic E-state index is 10.3. The number of hydrogen-bond acceptors (Lipinski definition) is 10. The Balaban J connectivity index is 0.000000276. The van der Waals surface area contributed by atoms with E-state index in [9.17, 15) is 14.4 Å². The van der Waals surface area contributed by atoms with Gasteiger partial charge in [0, 0.05) is 38.9 Å². The quantitative estimate of drug-likeness (QED) is 0.303. The van der Waals surface area contributed by atoms with Crippen molar-refractivity contribution in [3.05, 3.63) is 18.0 Å². The maximum Gasteiger partial charge on any atom is 0.336 e. The van der Waals surface area contributed by atoms with E-state index in [-0.39, 0.29) is 0 Å². The van der Waals surface area contributed by atoms with Crippen LogP contribution in [0.25, 0.3) is 0 Å². The molecule has 13 nitrogen and oxygen atoms in total. The van der Waals surface area contributed by atoms with E-state index in [2.05, 4.69) is 25.8 Å². The number of hydrogen-bond donors (Lipinski definition) is 4. The summed E-state index contributed by atoms with van der Waals surface area (Å²) in [4.78, 5) is 47.2. The first-order valence-electron chi connectivity index (χ1n) is 13.6. The lowest BCUT2D eigenvalue weighted by Gasteiger charge is -2.33. The number of carboxylic acid groups (broad SMARTS) is 3. The van der Waals surface area contributed by atoms with Gasteiger partial charge in [-0.15, -0.1) is 0 Å². The molecule has 3 aliphatic heterocycles. The molecular formula is C26H41N5O8. The number of aromatic nitrogens is 2. The lowest BCUT2D eigenvalue weighted by molar-refractivity contribution is -0.170. The standard InChI is InChI=1S/C20H33N5O.C6H8O7/c1-2-9-25(8-1)20-21-7-3-19(22-20)17-24-11-5-18(6-12-24)4-10-23-13-15-26-16-14-23;7-3(8)1-6(13,5(11)12)2-4(9)10/h3,7,18H,1-2,4-6,8-17H2;13H,1-2H2,(H,7,8)(H,9,10)(H,11,12). The van der Waals surface area contributed by atoms with Crippen molar-refractivity contribution in [2.45, 2.75) is 57.1 Å². The van der Waals surface area contributed by atoms with E-state index in [1.165, 1.54) is 57.4 Å². The molecule has 13 heteroatoms. The van der Waals surface area contributed by atoms with Crippen LogP contribution in [0.2, 0.25) is 0 Å². The lowest BCUT2D eigenvalue weighted by Crippen LogP contribution is -2.42. The Labute approximate surface area is 228 Å². The SMILES string of the molecule is O=C(O)CC(O)(CC(=O)O)C(=O)O.c1cc(CN2CCC(CCN3CCOCC3)CC2)nc(N2CCCC2)n1. The number of rotatable bonds is 11. The van der Waals surface area contributed by atoms with Crippen LogP contribution in [0.4, 0.5) is 5.95 Å². The van der Waals surface area contributed by atoms with Gasteiger partial charge in [-0.25, -0.2) is 14.8 Å². The third-order valence-electron chi connectivity index (χ3n) is 7.42. The minimum Gasteiger partial charge on any atom is -0.481 e. The van der Waals surface area contributed by atoms with Gasteiger partial charge in [0.05, 0.1) is 31.7 Å². The van der Waals surface area contributed by atoms with Crippen molar-refractivity contribution in [1.82, 2.24) is 19.8 Å². The summed E-state index contributed by atoms with van der Waals surface area (Å²) in [6.07, 6.45) is 6.19. The van der Waals surface area contributed by atoms with Gasteiger partial charge in [0.25, 0.3) is 0 Å². The summed E-state index contributed by atoms with van der Waals surface area (Å²) in [6.45, 7) is 10.9. The number of anilines is 1. The topological polar surface area (TPSA) is 177 Å². The molecule has 0 bridgehead atoms. The van der Waals surface area contributed by atoms with Gasteiger partial charge in [0.1, 0.15) is 0 Å². The predicted molar refractivity (Wildman–Crippen MR) is 140 cm³/mol. The Morgan fingerprint density at radius 1 is 0.923 bits per heavy atom. The number of carbonyl (C=O) groups is 3. The molecule has 0 atom stereocenters. The first kappa shape index (κ1) is 30.7. The molecule has 3 fully saturated rings. The molecule has 3 saturated heterocycles. The first-order chi connectivity index (χ1) is 18.6. The van der Waals surface area contributed by atoms with Crippen LogP contribution in [0.3, 0.4) is 0 Å². The number of piperidine rings is 1. The van der Waals surface area contributed by atoms with E-state index in [0.717, 1.165) is 57.8 Å². The normalized spacial score (nSPS) is 19.4. The lowest BCUT2D eigenvalue weighted by atomic mass is 9.93. The summed E-state index contributed by atoms with van der Waals surface area (Å²) in [5.41, 5.74) is -1.56.